The van der Waals surface area contributed by atoms with Gasteiger partial charge in [0.2, 0.25) is 0 Å². The van der Waals surface area contributed by atoms with Crippen molar-refractivity contribution < 1.29 is 38.0 Å². The lowest BCUT2D eigenvalue weighted by Gasteiger charge is -2.45. The SMILES string of the molecule is C[Si](C)(C)CCO[C@@H]1O[C@H](COCc2ccccc2)[C@H](OCc2ccccc2)[C@H](OC(=O)C=[N+]=[N-])[C@H]1OCc1ccccc1. The van der Waals surface area contributed by atoms with Crippen LogP contribution < -0.4 is 0 Å². The Bertz CT molecular complexity index is 1320. The molecule has 1 saturated heterocycles. The van der Waals surface area contributed by atoms with E-state index in [0.717, 1.165) is 22.7 Å². The second-order valence-corrected chi connectivity index (χ2v) is 17.5. The molecule has 5 atom stereocenters. The Labute approximate surface area is 260 Å². The van der Waals surface area contributed by atoms with E-state index in [0.29, 0.717) is 19.4 Å². The molecule has 3 aromatic carbocycles. The van der Waals surface area contributed by atoms with Gasteiger partial charge in [-0.15, -0.1) is 0 Å². The largest absolute Gasteiger partial charge is 0.448 e. The third-order valence-electron chi connectivity index (χ3n) is 7.10. The lowest BCUT2D eigenvalue weighted by Crippen LogP contribution is -2.62. The molecule has 0 spiro atoms. The maximum atomic E-state index is 12.8. The van der Waals surface area contributed by atoms with Gasteiger partial charge in [0.15, 0.2) is 12.4 Å². The van der Waals surface area contributed by atoms with Crippen LogP contribution in [0.1, 0.15) is 16.7 Å². The van der Waals surface area contributed by atoms with E-state index in [2.05, 4.69) is 24.4 Å². The molecule has 44 heavy (non-hydrogen) atoms. The van der Waals surface area contributed by atoms with Crippen LogP contribution in [0.25, 0.3) is 5.53 Å². The molecule has 10 heteroatoms. The Morgan fingerprint density at radius 2 is 1.30 bits per heavy atom. The number of carbonyl (C=O) groups is 1. The number of rotatable bonds is 16. The quantitative estimate of drug-likeness (QED) is 0.0670. The van der Waals surface area contributed by atoms with Gasteiger partial charge in [-0.2, -0.15) is 4.79 Å². The number of hydrogen-bond donors (Lipinski definition) is 0. The molecular formula is C34H42N2O7Si. The summed E-state index contributed by atoms with van der Waals surface area (Å²) in [4.78, 5) is 15.6. The molecule has 0 N–H and O–H groups in total. The first kappa shape index (κ1) is 33.4. The zero-order valence-corrected chi connectivity index (χ0v) is 26.6. The normalized spacial score (nSPS) is 21.8. The molecule has 9 nitrogen and oxygen atoms in total. The molecule has 1 fully saturated rings. The molecule has 1 aliphatic heterocycles. The smallest absolute Gasteiger partial charge is 0.414 e. The van der Waals surface area contributed by atoms with Crippen LogP contribution in [0.15, 0.2) is 91.0 Å². The van der Waals surface area contributed by atoms with E-state index in [4.69, 9.17) is 34.0 Å². The minimum atomic E-state index is -1.43. The molecule has 0 aliphatic carbocycles. The molecule has 1 heterocycles. The van der Waals surface area contributed by atoms with Gasteiger partial charge in [0.25, 0.3) is 0 Å². The second-order valence-electron chi connectivity index (χ2n) is 11.9. The number of hydrogen-bond acceptors (Lipinski definition) is 7. The monoisotopic (exact) mass is 618 g/mol. The summed E-state index contributed by atoms with van der Waals surface area (Å²) in [5, 5.41) is 0. The first-order valence-corrected chi connectivity index (χ1v) is 18.6. The summed E-state index contributed by atoms with van der Waals surface area (Å²) in [5.74, 6) is -0.842. The predicted molar refractivity (Wildman–Crippen MR) is 168 cm³/mol. The summed E-state index contributed by atoms with van der Waals surface area (Å²) in [6.45, 7) is 8.25. The van der Waals surface area contributed by atoms with Gasteiger partial charge in [0.1, 0.15) is 18.3 Å². The minimum absolute atomic E-state index is 0.149. The van der Waals surface area contributed by atoms with Gasteiger partial charge in [-0.25, -0.2) is 4.79 Å². The van der Waals surface area contributed by atoms with Crippen molar-refractivity contribution in [3.05, 3.63) is 113 Å². The van der Waals surface area contributed by atoms with Crippen LogP contribution in [0, 0.1) is 0 Å². The van der Waals surface area contributed by atoms with Crippen molar-refractivity contribution in [2.75, 3.05) is 13.2 Å². The molecule has 3 aromatic rings. The molecule has 0 bridgehead atoms. The summed E-state index contributed by atoms with van der Waals surface area (Å²) in [6, 6.07) is 30.1. The Kier molecular flexibility index (Phi) is 13.0. The first-order valence-electron chi connectivity index (χ1n) is 14.9. The second kappa shape index (κ2) is 17.1. The maximum Gasteiger partial charge on any atom is 0.414 e. The molecule has 0 radical (unpaired) electrons. The van der Waals surface area contributed by atoms with Crippen molar-refractivity contribution in [3.8, 4) is 0 Å². The number of ether oxygens (including phenoxy) is 6. The minimum Gasteiger partial charge on any atom is -0.448 e. The average Bonchev–Trinajstić information content (AvgIpc) is 3.01. The number of nitrogens with zero attached hydrogens (tertiary/aromatic N) is 2. The van der Waals surface area contributed by atoms with Gasteiger partial charge in [0, 0.05) is 14.7 Å². The van der Waals surface area contributed by atoms with E-state index >= 15 is 0 Å². The van der Waals surface area contributed by atoms with Crippen LogP contribution >= 0.6 is 0 Å². The van der Waals surface area contributed by atoms with Crippen LogP contribution in [0.3, 0.4) is 0 Å². The van der Waals surface area contributed by atoms with E-state index in [-0.39, 0.29) is 19.8 Å². The summed E-state index contributed by atoms with van der Waals surface area (Å²) in [5.41, 5.74) is 12.0. The van der Waals surface area contributed by atoms with Gasteiger partial charge in [-0.3, -0.25) is 0 Å². The fraction of sp³-hybridized carbons (Fsp3) is 0.412. The van der Waals surface area contributed by atoms with Crippen molar-refractivity contribution in [3.63, 3.8) is 0 Å². The topological polar surface area (TPSA) is 109 Å². The molecule has 4 rings (SSSR count). The Hall–Kier alpha value is -3.47. The van der Waals surface area contributed by atoms with Gasteiger partial charge < -0.3 is 34.0 Å². The fourth-order valence-electron chi connectivity index (χ4n) is 4.75. The van der Waals surface area contributed by atoms with E-state index in [1.807, 2.05) is 91.0 Å². The van der Waals surface area contributed by atoms with Crippen LogP contribution in [-0.2, 0) is 53.0 Å². The number of carbonyl (C=O) groups excluding carboxylic acids is 1. The van der Waals surface area contributed by atoms with Crippen LogP contribution in [0.2, 0.25) is 25.7 Å². The average molecular weight is 619 g/mol. The number of esters is 1. The summed E-state index contributed by atoms with van der Waals surface area (Å²) >= 11 is 0. The third kappa shape index (κ3) is 10.9. The summed E-state index contributed by atoms with van der Waals surface area (Å²) in [6.07, 6.45) is -3.44. The molecule has 234 valence electrons. The lowest BCUT2D eigenvalue weighted by molar-refractivity contribution is -0.321. The Morgan fingerprint density at radius 3 is 1.82 bits per heavy atom. The number of benzene rings is 3. The van der Waals surface area contributed by atoms with Crippen LogP contribution in [0.4, 0.5) is 0 Å². The first-order chi connectivity index (χ1) is 21.3. The van der Waals surface area contributed by atoms with E-state index in [1.165, 1.54) is 0 Å². The van der Waals surface area contributed by atoms with E-state index in [9.17, 15) is 4.79 Å². The molecule has 1 aliphatic rings. The highest BCUT2D eigenvalue weighted by atomic mass is 28.3. The molecular weight excluding hydrogens is 576 g/mol. The van der Waals surface area contributed by atoms with Gasteiger partial charge in [0.05, 0.1) is 26.4 Å². The standard InChI is InChI=1S/C34H42N2O7Si/c1-44(2,3)20-19-39-34-33(41-24-28-17-11-6-12-18-28)32(43-30(37)21-36-35)31(40-23-27-15-9-5-10-16-27)29(42-34)25-38-22-26-13-7-4-8-14-26/h4-18,21,29,31-34H,19-20,22-25H2,1-3H3/t29-,31+,32+,33-,34-/m1/s1. The highest BCUT2D eigenvalue weighted by molar-refractivity contribution is 6.76. The highest BCUT2D eigenvalue weighted by Gasteiger charge is 2.50. The predicted octanol–water partition coefficient (Wildman–Crippen LogP) is 5.67. The Balaban J connectivity index is 1.63. The highest BCUT2D eigenvalue weighted by Crippen LogP contribution is 2.31. The molecule has 0 unspecified atom stereocenters. The molecule has 0 aromatic heterocycles. The van der Waals surface area contributed by atoms with Gasteiger partial charge >= 0.3 is 12.2 Å². The van der Waals surface area contributed by atoms with Crippen molar-refractivity contribution >= 4 is 20.3 Å². The van der Waals surface area contributed by atoms with Gasteiger partial charge in [-0.1, -0.05) is 111 Å². The van der Waals surface area contributed by atoms with Crippen molar-refractivity contribution in [2.45, 2.75) is 76.2 Å². The van der Waals surface area contributed by atoms with Crippen molar-refractivity contribution in [1.29, 1.82) is 0 Å². The van der Waals surface area contributed by atoms with Crippen LogP contribution in [0.5, 0.6) is 0 Å². The maximum absolute atomic E-state index is 12.8. The zero-order chi connectivity index (χ0) is 31.2. The van der Waals surface area contributed by atoms with E-state index in [1.54, 1.807) is 0 Å². The van der Waals surface area contributed by atoms with Crippen LogP contribution in [-0.4, -0.2) is 69.0 Å². The summed E-state index contributed by atoms with van der Waals surface area (Å²) < 4.78 is 37.8. The lowest BCUT2D eigenvalue weighted by atomic mass is 9.98. The molecule has 0 amide bonds. The third-order valence-corrected chi connectivity index (χ3v) is 8.81. The summed E-state index contributed by atoms with van der Waals surface area (Å²) in [7, 11) is -1.43. The fourth-order valence-corrected chi connectivity index (χ4v) is 5.48. The Morgan fingerprint density at radius 1 is 0.773 bits per heavy atom. The zero-order valence-electron chi connectivity index (χ0n) is 25.6. The van der Waals surface area contributed by atoms with Gasteiger partial charge in [-0.05, 0) is 22.7 Å². The molecule has 0 saturated carbocycles. The van der Waals surface area contributed by atoms with Crippen molar-refractivity contribution in [2.24, 2.45) is 0 Å². The van der Waals surface area contributed by atoms with Crippen molar-refractivity contribution in [1.82, 2.24) is 0 Å². The van der Waals surface area contributed by atoms with E-state index < -0.39 is 44.7 Å².